The molecule has 1 fully saturated rings. The Morgan fingerprint density at radius 1 is 1.11 bits per heavy atom. The number of rotatable bonds is 5. The molecule has 1 aliphatic heterocycles. The van der Waals surface area contributed by atoms with Crippen LogP contribution in [0.25, 0.3) is 38.9 Å². The summed E-state index contributed by atoms with van der Waals surface area (Å²) in [5.74, 6) is 0.478. The topological polar surface area (TPSA) is 84.3 Å². The van der Waals surface area contributed by atoms with Gasteiger partial charge in [-0.2, -0.15) is 15.3 Å². The van der Waals surface area contributed by atoms with E-state index in [1.807, 2.05) is 52.8 Å². The Morgan fingerprint density at radius 2 is 1.94 bits per heavy atom. The van der Waals surface area contributed by atoms with Crippen LogP contribution in [0.3, 0.4) is 0 Å². The molecule has 0 radical (unpaired) electrons. The van der Waals surface area contributed by atoms with Crippen molar-refractivity contribution in [3.05, 3.63) is 66.6 Å². The van der Waals surface area contributed by atoms with E-state index in [1.165, 1.54) is 0 Å². The molecular weight excluding hydrogens is 438 g/mol. The van der Waals surface area contributed by atoms with Crippen molar-refractivity contribution in [2.75, 3.05) is 26.7 Å². The second kappa shape index (κ2) is 8.53. The lowest BCUT2D eigenvalue weighted by Crippen LogP contribution is -2.19. The molecule has 35 heavy (non-hydrogen) atoms. The first kappa shape index (κ1) is 21.3. The van der Waals surface area contributed by atoms with E-state index in [0.717, 1.165) is 58.4 Å². The van der Waals surface area contributed by atoms with Gasteiger partial charge >= 0.3 is 6.01 Å². The number of benzene rings is 2. The quantitative estimate of drug-likeness (QED) is 0.389. The Labute approximate surface area is 203 Å². The summed E-state index contributed by atoms with van der Waals surface area (Å²) in [4.78, 5) is 12.1. The zero-order valence-electron chi connectivity index (χ0n) is 19.7. The van der Waals surface area contributed by atoms with Gasteiger partial charge in [-0.3, -0.25) is 9.08 Å². The van der Waals surface area contributed by atoms with Gasteiger partial charge in [0.2, 0.25) is 0 Å². The van der Waals surface area contributed by atoms with Crippen LogP contribution in [0.1, 0.15) is 12.0 Å². The highest BCUT2D eigenvalue weighted by atomic mass is 16.5. The first-order chi connectivity index (χ1) is 17.1. The number of hydrogen-bond donors (Lipinski definition) is 0. The van der Waals surface area contributed by atoms with Gasteiger partial charge in [-0.25, -0.2) is 4.98 Å². The summed E-state index contributed by atoms with van der Waals surface area (Å²) in [6, 6.07) is 16.5. The SMILES string of the molecule is CN1CC[C@@H](COc2nc(-c3ccc(C#N)cc3)c(-c3ccc4c(cnn4C)c3)c3nccn23)C1. The Morgan fingerprint density at radius 3 is 2.71 bits per heavy atom. The van der Waals surface area contributed by atoms with Gasteiger partial charge in [-0.1, -0.05) is 18.2 Å². The molecule has 0 unspecified atom stereocenters. The van der Waals surface area contributed by atoms with E-state index in [1.54, 1.807) is 6.20 Å². The number of hydrogen-bond acceptors (Lipinski definition) is 6. The number of ether oxygens (including phenoxy) is 1. The third-order valence-corrected chi connectivity index (χ3v) is 6.77. The average Bonchev–Trinajstić information content (AvgIpc) is 3.62. The fourth-order valence-electron chi connectivity index (χ4n) is 4.91. The molecule has 0 spiro atoms. The minimum atomic E-state index is 0.478. The Hall–Kier alpha value is -4.22. The van der Waals surface area contributed by atoms with Crippen LogP contribution in [0.5, 0.6) is 6.01 Å². The molecule has 5 aromatic rings. The van der Waals surface area contributed by atoms with Crippen molar-refractivity contribution in [2.45, 2.75) is 6.42 Å². The van der Waals surface area contributed by atoms with Crippen molar-refractivity contribution >= 4 is 16.6 Å². The number of aromatic nitrogens is 5. The molecular formula is C27H25N7O. The molecule has 174 valence electrons. The zero-order valence-corrected chi connectivity index (χ0v) is 19.7. The number of imidazole rings is 1. The Kier molecular flexibility index (Phi) is 5.20. The highest BCUT2D eigenvalue weighted by Crippen LogP contribution is 2.37. The van der Waals surface area contributed by atoms with Gasteiger partial charge in [0.1, 0.15) is 0 Å². The summed E-state index contributed by atoms with van der Waals surface area (Å²) in [6.45, 7) is 2.73. The van der Waals surface area contributed by atoms with Crippen LogP contribution in [0, 0.1) is 17.2 Å². The molecule has 0 saturated carbocycles. The molecule has 1 aliphatic rings. The summed E-state index contributed by atoms with van der Waals surface area (Å²) in [5.41, 5.74) is 6.03. The molecule has 2 aromatic carbocycles. The standard InChI is InChI=1S/C27H25N7O/c1-32-11-9-19(16-32)17-35-27-31-25(20-5-3-18(14-28)4-6-20)24(26-29-10-12-34(26)27)21-7-8-23-22(13-21)15-30-33(23)2/h3-8,10,12-13,15,19H,9,11,16-17H2,1-2H3/t19-/m1/s1. The predicted molar refractivity (Wildman–Crippen MR) is 134 cm³/mol. The van der Waals surface area contributed by atoms with Gasteiger partial charge in [0, 0.05) is 42.9 Å². The maximum absolute atomic E-state index is 9.27. The molecule has 3 aromatic heterocycles. The van der Waals surface area contributed by atoms with Gasteiger partial charge < -0.3 is 9.64 Å². The minimum absolute atomic E-state index is 0.478. The summed E-state index contributed by atoms with van der Waals surface area (Å²) in [5, 5.41) is 14.7. The summed E-state index contributed by atoms with van der Waals surface area (Å²) >= 11 is 0. The van der Waals surface area contributed by atoms with Crippen molar-refractivity contribution in [1.29, 1.82) is 5.26 Å². The molecule has 0 bridgehead atoms. The largest absolute Gasteiger partial charge is 0.464 e. The van der Waals surface area contributed by atoms with Crippen LogP contribution < -0.4 is 4.74 Å². The first-order valence-corrected chi connectivity index (χ1v) is 11.7. The van der Waals surface area contributed by atoms with Crippen LogP contribution in [0.2, 0.25) is 0 Å². The van der Waals surface area contributed by atoms with Crippen LogP contribution in [0.4, 0.5) is 0 Å². The van der Waals surface area contributed by atoms with Crippen LogP contribution >= 0.6 is 0 Å². The van der Waals surface area contributed by atoms with Crippen molar-refractivity contribution in [3.8, 4) is 34.5 Å². The van der Waals surface area contributed by atoms with Gasteiger partial charge in [0.25, 0.3) is 0 Å². The summed E-state index contributed by atoms with van der Waals surface area (Å²) in [6.07, 6.45) is 6.66. The molecule has 0 aliphatic carbocycles. The zero-order chi connectivity index (χ0) is 23.9. The van der Waals surface area contributed by atoms with E-state index in [4.69, 9.17) is 14.7 Å². The third kappa shape index (κ3) is 3.80. The van der Waals surface area contributed by atoms with Gasteiger partial charge in [0.15, 0.2) is 5.65 Å². The van der Waals surface area contributed by atoms with E-state index >= 15 is 0 Å². The van der Waals surface area contributed by atoms with E-state index in [0.29, 0.717) is 24.1 Å². The van der Waals surface area contributed by atoms with Crippen LogP contribution in [0.15, 0.2) is 61.1 Å². The minimum Gasteiger partial charge on any atom is -0.464 e. The smallest absolute Gasteiger partial charge is 0.302 e. The van der Waals surface area contributed by atoms with Gasteiger partial charge in [0.05, 0.1) is 41.2 Å². The maximum atomic E-state index is 9.27. The predicted octanol–water partition coefficient (Wildman–Crippen LogP) is 4.15. The molecule has 8 heteroatoms. The monoisotopic (exact) mass is 463 g/mol. The Bertz CT molecular complexity index is 1580. The van der Waals surface area contributed by atoms with E-state index < -0.39 is 0 Å². The van der Waals surface area contributed by atoms with Crippen LogP contribution in [-0.2, 0) is 7.05 Å². The van der Waals surface area contributed by atoms with Crippen LogP contribution in [-0.4, -0.2) is 55.8 Å². The molecule has 0 N–H and O–H groups in total. The molecule has 6 rings (SSSR count). The second-order valence-electron chi connectivity index (χ2n) is 9.20. The highest BCUT2D eigenvalue weighted by Gasteiger charge is 2.23. The van der Waals surface area contributed by atoms with Crippen molar-refractivity contribution < 1.29 is 4.74 Å². The lowest BCUT2D eigenvalue weighted by atomic mass is 9.98. The third-order valence-electron chi connectivity index (χ3n) is 6.77. The number of nitrogens with zero attached hydrogens (tertiary/aromatic N) is 7. The summed E-state index contributed by atoms with van der Waals surface area (Å²) in [7, 11) is 4.08. The number of aryl methyl sites for hydroxylation is 1. The fourth-order valence-corrected chi connectivity index (χ4v) is 4.91. The van der Waals surface area contributed by atoms with E-state index in [2.05, 4.69) is 41.3 Å². The lowest BCUT2D eigenvalue weighted by molar-refractivity contribution is 0.230. The van der Waals surface area contributed by atoms with Crippen molar-refractivity contribution in [1.82, 2.24) is 29.0 Å². The number of fused-ring (bicyclic) bond motifs is 2. The Balaban J connectivity index is 1.52. The normalized spacial score (nSPS) is 16.2. The number of likely N-dealkylation sites (tertiary alicyclic amines) is 1. The van der Waals surface area contributed by atoms with E-state index in [-0.39, 0.29) is 0 Å². The van der Waals surface area contributed by atoms with Gasteiger partial charge in [-0.05, 0) is 49.8 Å². The highest BCUT2D eigenvalue weighted by molar-refractivity contribution is 5.94. The molecule has 1 atom stereocenters. The van der Waals surface area contributed by atoms with Crippen molar-refractivity contribution in [2.24, 2.45) is 13.0 Å². The maximum Gasteiger partial charge on any atom is 0.302 e. The fraction of sp³-hybridized carbons (Fsp3) is 0.259. The second-order valence-corrected chi connectivity index (χ2v) is 9.20. The van der Waals surface area contributed by atoms with E-state index in [9.17, 15) is 5.26 Å². The van der Waals surface area contributed by atoms with Gasteiger partial charge in [-0.15, -0.1) is 0 Å². The first-order valence-electron chi connectivity index (χ1n) is 11.7. The molecule has 8 nitrogen and oxygen atoms in total. The van der Waals surface area contributed by atoms with Crippen molar-refractivity contribution in [3.63, 3.8) is 0 Å². The molecule has 0 amide bonds. The molecule has 4 heterocycles. The molecule has 1 saturated heterocycles. The lowest BCUT2D eigenvalue weighted by Gasteiger charge is -2.17. The average molecular weight is 464 g/mol. The number of nitriles is 1. The summed E-state index contributed by atoms with van der Waals surface area (Å²) < 4.78 is 10.1.